The summed E-state index contributed by atoms with van der Waals surface area (Å²) in [5.74, 6) is 1.00. The first-order valence-electron chi connectivity index (χ1n) is 6.82. The van der Waals surface area contributed by atoms with Gasteiger partial charge in [-0.05, 0) is 43.7 Å². The van der Waals surface area contributed by atoms with Crippen LogP contribution in [-0.2, 0) is 13.6 Å². The van der Waals surface area contributed by atoms with Gasteiger partial charge in [0, 0.05) is 19.2 Å². The molecule has 1 heterocycles. The summed E-state index contributed by atoms with van der Waals surface area (Å²) in [5, 5.41) is 0. The van der Waals surface area contributed by atoms with Crippen LogP contribution in [0.2, 0.25) is 0 Å². The van der Waals surface area contributed by atoms with Crippen LogP contribution >= 0.6 is 0 Å². The van der Waals surface area contributed by atoms with Crippen LogP contribution in [0, 0.1) is 13.8 Å². The monoisotopic (exact) mass is 265 g/mol. The van der Waals surface area contributed by atoms with E-state index in [0.29, 0.717) is 6.54 Å². The number of fused-ring (bicyclic) bond motifs is 1. The summed E-state index contributed by atoms with van der Waals surface area (Å²) in [6.45, 7) is 4.78. The van der Waals surface area contributed by atoms with Crippen LogP contribution in [0.5, 0.6) is 0 Å². The minimum atomic E-state index is 0.547. The predicted molar refractivity (Wildman–Crippen MR) is 83.5 cm³/mol. The molecule has 3 aromatic rings. The Bertz CT molecular complexity index is 764. The maximum Gasteiger partial charge on any atom is 0.140 e. The summed E-state index contributed by atoms with van der Waals surface area (Å²) < 4.78 is 2.14. The van der Waals surface area contributed by atoms with Crippen molar-refractivity contribution in [3.05, 3.63) is 53.1 Å². The van der Waals surface area contributed by atoms with Crippen LogP contribution in [0.1, 0.15) is 16.7 Å². The first-order chi connectivity index (χ1) is 9.58. The van der Waals surface area contributed by atoms with Crippen LogP contribution < -0.4 is 5.73 Å². The quantitative estimate of drug-likeness (QED) is 0.772. The Morgan fingerprint density at radius 1 is 1.05 bits per heavy atom. The number of imidazole rings is 1. The summed E-state index contributed by atoms with van der Waals surface area (Å²) in [4.78, 5) is 4.78. The molecule has 0 aliphatic carbocycles. The number of nitrogens with zero attached hydrogens (tertiary/aromatic N) is 2. The van der Waals surface area contributed by atoms with Crippen molar-refractivity contribution in [1.29, 1.82) is 0 Å². The van der Waals surface area contributed by atoms with Crippen molar-refractivity contribution in [3.8, 4) is 11.4 Å². The normalized spacial score (nSPS) is 11.2. The molecule has 0 atom stereocenters. The lowest BCUT2D eigenvalue weighted by Crippen LogP contribution is -1.96. The number of benzene rings is 2. The van der Waals surface area contributed by atoms with E-state index in [4.69, 9.17) is 10.7 Å². The van der Waals surface area contributed by atoms with Crippen molar-refractivity contribution in [2.75, 3.05) is 0 Å². The number of aryl methyl sites for hydroxylation is 3. The second-order valence-corrected chi connectivity index (χ2v) is 5.40. The summed E-state index contributed by atoms with van der Waals surface area (Å²) in [7, 11) is 2.06. The second-order valence-electron chi connectivity index (χ2n) is 5.40. The van der Waals surface area contributed by atoms with Crippen molar-refractivity contribution in [1.82, 2.24) is 9.55 Å². The zero-order valence-corrected chi connectivity index (χ0v) is 12.1. The minimum absolute atomic E-state index is 0.547. The fourth-order valence-electron chi connectivity index (χ4n) is 2.73. The van der Waals surface area contributed by atoms with Gasteiger partial charge in [-0.3, -0.25) is 0 Å². The number of hydrogen-bond acceptors (Lipinski definition) is 2. The van der Waals surface area contributed by atoms with Crippen LogP contribution in [0.15, 0.2) is 36.4 Å². The molecule has 3 heteroatoms. The third-order valence-electron chi connectivity index (χ3n) is 3.66. The zero-order valence-electron chi connectivity index (χ0n) is 12.1. The maximum atomic E-state index is 5.70. The van der Waals surface area contributed by atoms with E-state index in [-0.39, 0.29) is 0 Å². The van der Waals surface area contributed by atoms with E-state index in [9.17, 15) is 0 Å². The van der Waals surface area contributed by atoms with Crippen molar-refractivity contribution in [3.63, 3.8) is 0 Å². The predicted octanol–water partition coefficient (Wildman–Crippen LogP) is 3.32. The first kappa shape index (κ1) is 12.9. The van der Waals surface area contributed by atoms with E-state index in [1.54, 1.807) is 0 Å². The van der Waals surface area contributed by atoms with E-state index < -0.39 is 0 Å². The molecule has 0 fully saturated rings. The van der Waals surface area contributed by atoms with Crippen LogP contribution in [0.3, 0.4) is 0 Å². The summed E-state index contributed by atoms with van der Waals surface area (Å²) in [5.41, 5.74) is 12.6. The highest BCUT2D eigenvalue weighted by atomic mass is 15.1. The molecule has 0 aliphatic heterocycles. The summed E-state index contributed by atoms with van der Waals surface area (Å²) in [6.07, 6.45) is 0. The van der Waals surface area contributed by atoms with Gasteiger partial charge in [0.15, 0.2) is 0 Å². The van der Waals surface area contributed by atoms with Gasteiger partial charge >= 0.3 is 0 Å². The molecule has 3 rings (SSSR count). The highest BCUT2D eigenvalue weighted by Crippen LogP contribution is 2.26. The van der Waals surface area contributed by atoms with Crippen molar-refractivity contribution in [2.24, 2.45) is 12.8 Å². The van der Waals surface area contributed by atoms with Gasteiger partial charge in [0.2, 0.25) is 0 Å². The lowest BCUT2D eigenvalue weighted by molar-refractivity contribution is 0.958. The Balaban J connectivity index is 2.23. The maximum absolute atomic E-state index is 5.70. The molecule has 0 saturated heterocycles. The van der Waals surface area contributed by atoms with Gasteiger partial charge in [0.1, 0.15) is 5.82 Å². The lowest BCUT2D eigenvalue weighted by Gasteiger charge is -2.05. The van der Waals surface area contributed by atoms with Crippen molar-refractivity contribution >= 4 is 11.0 Å². The standard InChI is InChI=1S/C17H19N3/c1-11-6-12(2)8-14(7-11)17-19-15-9-13(10-18)4-5-16(15)20(17)3/h4-9H,10,18H2,1-3H3. The topological polar surface area (TPSA) is 43.8 Å². The van der Waals surface area contributed by atoms with E-state index in [0.717, 1.165) is 28.0 Å². The molecule has 2 aromatic carbocycles. The third-order valence-corrected chi connectivity index (χ3v) is 3.66. The molecule has 1 aromatic heterocycles. The van der Waals surface area contributed by atoms with Gasteiger partial charge in [-0.2, -0.15) is 0 Å². The van der Waals surface area contributed by atoms with Crippen LogP contribution in [0.4, 0.5) is 0 Å². The van der Waals surface area contributed by atoms with Gasteiger partial charge in [-0.1, -0.05) is 23.3 Å². The molecule has 0 unspecified atom stereocenters. The van der Waals surface area contributed by atoms with E-state index in [1.165, 1.54) is 11.1 Å². The Morgan fingerprint density at radius 3 is 2.40 bits per heavy atom. The van der Waals surface area contributed by atoms with Gasteiger partial charge in [0.25, 0.3) is 0 Å². The van der Waals surface area contributed by atoms with E-state index in [1.807, 2.05) is 0 Å². The number of rotatable bonds is 2. The smallest absolute Gasteiger partial charge is 0.140 e. The Hall–Kier alpha value is -2.13. The molecule has 0 aliphatic rings. The molecule has 0 bridgehead atoms. The molecule has 0 amide bonds. The highest BCUT2D eigenvalue weighted by Gasteiger charge is 2.10. The zero-order chi connectivity index (χ0) is 14.3. The van der Waals surface area contributed by atoms with Crippen LogP contribution in [0.25, 0.3) is 22.4 Å². The lowest BCUT2D eigenvalue weighted by atomic mass is 10.1. The molecule has 3 nitrogen and oxygen atoms in total. The van der Waals surface area contributed by atoms with Crippen molar-refractivity contribution < 1.29 is 0 Å². The Labute approximate surface area is 119 Å². The molecule has 2 N–H and O–H groups in total. The number of nitrogens with two attached hydrogens (primary N) is 1. The third kappa shape index (κ3) is 2.10. The number of hydrogen-bond donors (Lipinski definition) is 1. The summed E-state index contributed by atoms with van der Waals surface area (Å²) in [6, 6.07) is 12.8. The average Bonchev–Trinajstić information content (AvgIpc) is 2.74. The molecule has 20 heavy (non-hydrogen) atoms. The molecule has 0 saturated carbocycles. The van der Waals surface area contributed by atoms with E-state index in [2.05, 4.69) is 61.9 Å². The summed E-state index contributed by atoms with van der Waals surface area (Å²) >= 11 is 0. The van der Waals surface area contributed by atoms with Gasteiger partial charge < -0.3 is 10.3 Å². The largest absolute Gasteiger partial charge is 0.327 e. The van der Waals surface area contributed by atoms with E-state index >= 15 is 0 Å². The molecule has 0 radical (unpaired) electrons. The first-order valence-corrected chi connectivity index (χ1v) is 6.82. The SMILES string of the molecule is Cc1cc(C)cc(-c2nc3cc(CN)ccc3n2C)c1. The Kier molecular flexibility index (Phi) is 3.07. The van der Waals surface area contributed by atoms with Gasteiger partial charge in [0.05, 0.1) is 11.0 Å². The number of aromatic nitrogens is 2. The van der Waals surface area contributed by atoms with Crippen LogP contribution in [-0.4, -0.2) is 9.55 Å². The second kappa shape index (κ2) is 4.76. The van der Waals surface area contributed by atoms with Gasteiger partial charge in [-0.15, -0.1) is 0 Å². The average molecular weight is 265 g/mol. The molecule has 0 spiro atoms. The Morgan fingerprint density at radius 2 is 1.75 bits per heavy atom. The molecular formula is C17H19N3. The molecule has 102 valence electrons. The fourth-order valence-corrected chi connectivity index (χ4v) is 2.73. The highest BCUT2D eigenvalue weighted by molar-refractivity contribution is 5.81. The van der Waals surface area contributed by atoms with Gasteiger partial charge in [-0.25, -0.2) is 4.98 Å². The molecular weight excluding hydrogens is 246 g/mol. The van der Waals surface area contributed by atoms with Crippen molar-refractivity contribution in [2.45, 2.75) is 20.4 Å². The fraction of sp³-hybridized carbons (Fsp3) is 0.235. The minimum Gasteiger partial charge on any atom is -0.327 e.